The Kier molecular flexibility index (Phi) is 3.41. The third-order valence-corrected chi connectivity index (χ3v) is 8.02. The highest BCUT2D eigenvalue weighted by Gasteiger charge is 2.11. The maximum Gasteiger partial charge on any atom is 0.136 e. The monoisotopic (exact) mass is 557 g/mol. The second-order valence-electron chi connectivity index (χ2n) is 10.5. The van der Waals surface area contributed by atoms with Crippen molar-refractivity contribution in [1.82, 2.24) is 0 Å². The summed E-state index contributed by atoms with van der Waals surface area (Å²) < 4.78 is 103. The van der Waals surface area contributed by atoms with Crippen LogP contribution >= 0.6 is 0 Å². The molecule has 0 aliphatic heterocycles. The summed E-state index contributed by atoms with van der Waals surface area (Å²) in [6, 6.07) is 23.7. The maximum atomic E-state index is 9.52. The van der Waals surface area contributed by atoms with Gasteiger partial charge >= 0.3 is 0 Å². The summed E-state index contributed by atoms with van der Waals surface area (Å²) in [7, 11) is 0. The van der Waals surface area contributed by atoms with Crippen molar-refractivity contribution >= 4 is 54.3 Å². The van der Waals surface area contributed by atoms with E-state index in [1.165, 1.54) is 0 Å². The summed E-state index contributed by atoms with van der Waals surface area (Å²) in [6.07, 6.45) is 0. The van der Waals surface area contributed by atoms with E-state index in [-0.39, 0.29) is 50.0 Å². The molecule has 0 fully saturated rings. The van der Waals surface area contributed by atoms with Gasteiger partial charge in [0.2, 0.25) is 0 Å². The van der Waals surface area contributed by atoms with Gasteiger partial charge in [0.1, 0.15) is 11.2 Å². The molecule has 43 heavy (non-hydrogen) atoms. The lowest BCUT2D eigenvalue weighted by molar-refractivity contribution is 0.669. The number of hydrogen-bond acceptors (Lipinski definition) is 1. The van der Waals surface area contributed by atoms with Crippen molar-refractivity contribution in [2.45, 2.75) is 0 Å². The van der Waals surface area contributed by atoms with E-state index in [4.69, 9.17) is 16.8 Å². The second kappa shape index (κ2) is 9.44. The van der Waals surface area contributed by atoms with Gasteiger partial charge < -0.3 is 4.42 Å². The Hall–Kier alpha value is -5.66. The van der Waals surface area contributed by atoms with Crippen LogP contribution in [0.3, 0.4) is 0 Å². The van der Waals surface area contributed by atoms with Crippen molar-refractivity contribution in [2.75, 3.05) is 0 Å². The van der Waals surface area contributed by atoms with Crippen molar-refractivity contribution in [3.05, 3.63) is 157 Å². The van der Waals surface area contributed by atoms with E-state index in [0.29, 0.717) is 5.56 Å². The summed E-state index contributed by atoms with van der Waals surface area (Å²) in [5, 5.41) is 1.23. The minimum absolute atomic E-state index is 0.0546. The van der Waals surface area contributed by atoms with Crippen LogP contribution in [0.15, 0.2) is 162 Å². The van der Waals surface area contributed by atoms with E-state index in [2.05, 4.69) is 12.1 Å². The van der Waals surface area contributed by atoms with Crippen LogP contribution in [0.1, 0.15) is 15.1 Å². The van der Waals surface area contributed by atoms with E-state index >= 15 is 0 Å². The molecule has 0 atom stereocenters. The minimum atomic E-state index is -0.599. The van der Waals surface area contributed by atoms with E-state index < -0.39 is 54.4 Å². The lowest BCUT2D eigenvalue weighted by atomic mass is 9.91. The van der Waals surface area contributed by atoms with Gasteiger partial charge in [0.15, 0.2) is 0 Å². The average Bonchev–Trinajstić information content (AvgIpc) is 3.57. The smallest absolute Gasteiger partial charge is 0.136 e. The fourth-order valence-corrected chi connectivity index (χ4v) is 5.92. The molecule has 0 unspecified atom stereocenters. The molecule has 0 radical (unpaired) electrons. The first kappa shape index (κ1) is 15.5. The lowest BCUT2D eigenvalue weighted by Crippen LogP contribution is -1.86. The van der Waals surface area contributed by atoms with Gasteiger partial charge in [-0.2, -0.15) is 0 Å². The number of furan rings is 1. The lowest BCUT2D eigenvalue weighted by Gasteiger charge is -2.12. The average molecular weight is 558 g/mol. The number of para-hydroxylation sites is 1. The van der Waals surface area contributed by atoms with Gasteiger partial charge in [-0.3, -0.25) is 0 Å². The van der Waals surface area contributed by atoms with Crippen molar-refractivity contribution in [3.8, 4) is 33.4 Å². The zero-order valence-corrected chi connectivity index (χ0v) is 22.6. The third kappa shape index (κ3) is 3.86. The maximum absolute atomic E-state index is 9.52. The summed E-state index contributed by atoms with van der Waals surface area (Å²) >= 11 is 0. The topological polar surface area (TPSA) is 13.1 Å². The van der Waals surface area contributed by atoms with Crippen molar-refractivity contribution < 1.29 is 19.5 Å². The zero-order valence-electron chi connectivity index (χ0n) is 33.6. The van der Waals surface area contributed by atoms with Gasteiger partial charge in [-0.25, -0.2) is 0 Å². The van der Waals surface area contributed by atoms with Crippen LogP contribution in [-0.4, -0.2) is 0 Å². The molecule has 0 bridgehead atoms. The van der Waals surface area contributed by atoms with Gasteiger partial charge in [-0.05, 0) is 96.0 Å². The molecule has 0 aliphatic carbocycles. The van der Waals surface area contributed by atoms with Crippen molar-refractivity contribution in [3.63, 3.8) is 0 Å². The normalized spacial score (nSPS) is 15.3. The molecule has 8 aromatic carbocycles. The van der Waals surface area contributed by atoms with E-state index in [9.17, 15) is 2.74 Å². The van der Waals surface area contributed by atoms with Gasteiger partial charge in [0.05, 0.1) is 15.1 Å². The Bertz CT molecular complexity index is 3070. The highest BCUT2D eigenvalue weighted by molar-refractivity contribution is 6.25. The first-order chi connectivity index (χ1) is 25.9. The van der Waals surface area contributed by atoms with E-state index in [1.807, 2.05) is 60.7 Å². The van der Waals surface area contributed by atoms with Gasteiger partial charge in [-0.1, -0.05) is 127 Å². The summed E-state index contributed by atoms with van der Waals surface area (Å²) in [5.41, 5.74) is 5.71. The predicted molar refractivity (Wildman–Crippen MR) is 183 cm³/mol. The Morgan fingerprint density at radius 3 is 1.58 bits per heavy atom. The van der Waals surface area contributed by atoms with Crippen LogP contribution in [0.5, 0.6) is 0 Å². The summed E-state index contributed by atoms with van der Waals surface area (Å²) in [5.74, 6) is 0. The Balaban J connectivity index is 1.23. The summed E-state index contributed by atoms with van der Waals surface area (Å²) in [4.78, 5) is 0. The molecule has 0 saturated carbocycles. The predicted octanol–water partition coefficient (Wildman–Crippen LogP) is 12.0. The molecule has 1 heteroatoms. The minimum Gasteiger partial charge on any atom is -0.456 e. The van der Waals surface area contributed by atoms with Crippen LogP contribution in [0.25, 0.3) is 87.6 Å². The number of fused-ring (bicyclic) bond motifs is 9. The molecule has 0 amide bonds. The SMILES string of the molecule is [2H]c1c([2H])c([2H])c2c(c1[2H])c1c([2H])c([2H])c([2H])c([2H])c1c1c([2H])c(-c3cccc(-c4ccc(-c5ccc6c(c5)oc5ccccc56)cc4)c3)c([2H])c([2H])c21. The number of hydrogen-bond donors (Lipinski definition) is 0. The van der Waals surface area contributed by atoms with E-state index in [1.54, 1.807) is 18.2 Å². The molecule has 1 heterocycles. The molecule has 0 saturated heterocycles. The van der Waals surface area contributed by atoms with Crippen LogP contribution in [-0.2, 0) is 0 Å². The Morgan fingerprint density at radius 1 is 0.349 bits per heavy atom. The van der Waals surface area contributed by atoms with Gasteiger partial charge in [-0.15, -0.1) is 0 Å². The molecule has 9 rings (SSSR count). The van der Waals surface area contributed by atoms with Gasteiger partial charge in [0.25, 0.3) is 0 Å². The first-order valence-corrected chi connectivity index (χ1v) is 13.9. The molecule has 9 aromatic rings. The Morgan fingerprint density at radius 2 is 0.884 bits per heavy atom. The largest absolute Gasteiger partial charge is 0.456 e. The van der Waals surface area contributed by atoms with Crippen molar-refractivity contribution in [1.29, 1.82) is 0 Å². The van der Waals surface area contributed by atoms with Gasteiger partial charge in [0, 0.05) is 10.8 Å². The molecule has 1 aromatic heterocycles. The molecule has 200 valence electrons. The van der Waals surface area contributed by atoms with Crippen LogP contribution < -0.4 is 0 Å². The highest BCUT2D eigenvalue weighted by atomic mass is 16.3. The van der Waals surface area contributed by atoms with Crippen LogP contribution in [0.4, 0.5) is 0 Å². The zero-order chi connectivity index (χ0) is 37.9. The summed E-state index contributed by atoms with van der Waals surface area (Å²) in [6.45, 7) is 0. The van der Waals surface area contributed by atoms with E-state index in [0.717, 1.165) is 44.2 Å². The van der Waals surface area contributed by atoms with Crippen molar-refractivity contribution in [2.24, 2.45) is 0 Å². The molecule has 1 nitrogen and oxygen atoms in total. The first-order valence-electron chi connectivity index (χ1n) is 19.4. The molecule has 0 N–H and O–H groups in total. The molecule has 0 spiro atoms. The fourth-order valence-electron chi connectivity index (χ4n) is 5.92. The van der Waals surface area contributed by atoms with Crippen LogP contribution in [0.2, 0.25) is 0 Å². The fraction of sp³-hybridized carbons (Fsp3) is 0. The Labute approximate surface area is 264 Å². The third-order valence-electron chi connectivity index (χ3n) is 8.02. The highest BCUT2D eigenvalue weighted by Crippen LogP contribution is 2.38. The molecular formula is C42H26O. The number of benzene rings is 8. The number of rotatable bonds is 3. The molecular weight excluding hydrogens is 520 g/mol. The molecule has 0 aliphatic rings. The quantitative estimate of drug-likeness (QED) is 0.197. The standard InChI is InChI=1S/C42H26O/c1-2-12-35-33(10-1)34-11-3-4-13-36(34)40-25-31(20-22-37(35)40)30-9-7-8-29(24-30)27-16-18-28(19-17-27)32-21-23-39-38-14-5-6-15-41(38)43-42(39)26-32/h1-26H/i1D,2D,3D,4D,10D,11D,12D,13D,20D,22D,25D. The van der Waals surface area contributed by atoms with Crippen LogP contribution in [0, 0.1) is 0 Å². The second-order valence-corrected chi connectivity index (χ2v) is 10.5.